The maximum Gasteiger partial charge on any atom is 0.266 e. The second-order valence-corrected chi connectivity index (χ2v) is 8.63. The van der Waals surface area contributed by atoms with Crippen LogP contribution in [0.4, 0.5) is 11.4 Å². The zero-order valence-electron chi connectivity index (χ0n) is 17.6. The molecule has 1 amide bonds. The van der Waals surface area contributed by atoms with Gasteiger partial charge in [0.1, 0.15) is 0 Å². The second-order valence-electron chi connectivity index (χ2n) is 7.28. The van der Waals surface area contributed by atoms with Crippen molar-refractivity contribution in [1.82, 2.24) is 9.55 Å². The molecule has 162 valence electrons. The number of halogens is 1. The van der Waals surface area contributed by atoms with E-state index in [1.54, 1.807) is 42.5 Å². The summed E-state index contributed by atoms with van der Waals surface area (Å²) in [4.78, 5) is 32.5. The summed E-state index contributed by atoms with van der Waals surface area (Å²) in [7, 11) is 3.92. The number of para-hydroxylation sites is 2. The third-order valence-electron chi connectivity index (χ3n) is 4.84. The number of fused-ring (bicyclic) bond motifs is 1. The lowest BCUT2D eigenvalue weighted by atomic mass is 10.2. The van der Waals surface area contributed by atoms with Crippen molar-refractivity contribution >= 4 is 51.5 Å². The molecule has 0 aliphatic carbocycles. The first-order chi connectivity index (χ1) is 15.4. The molecule has 0 aliphatic heterocycles. The van der Waals surface area contributed by atoms with Crippen LogP contribution in [-0.4, -0.2) is 35.3 Å². The second kappa shape index (κ2) is 9.46. The molecule has 4 rings (SSSR count). The fraction of sp³-hybridized carbons (Fsp3) is 0.125. The van der Waals surface area contributed by atoms with E-state index in [0.29, 0.717) is 32.5 Å². The Morgan fingerprint density at radius 3 is 2.44 bits per heavy atom. The van der Waals surface area contributed by atoms with E-state index >= 15 is 0 Å². The Morgan fingerprint density at radius 1 is 1.03 bits per heavy atom. The average Bonchev–Trinajstić information content (AvgIpc) is 2.79. The molecule has 1 heterocycles. The number of carbonyl (C=O) groups is 1. The Bertz CT molecular complexity index is 1340. The highest BCUT2D eigenvalue weighted by Gasteiger charge is 2.16. The zero-order valence-corrected chi connectivity index (χ0v) is 19.2. The van der Waals surface area contributed by atoms with Gasteiger partial charge in [-0.15, -0.1) is 0 Å². The zero-order chi connectivity index (χ0) is 22.7. The molecule has 0 aliphatic rings. The van der Waals surface area contributed by atoms with E-state index in [1.165, 1.54) is 16.3 Å². The first kappa shape index (κ1) is 21.9. The topological polar surface area (TPSA) is 67.2 Å². The molecule has 0 bridgehead atoms. The molecule has 4 aromatic rings. The molecule has 1 aromatic heterocycles. The molecule has 0 saturated carbocycles. The summed E-state index contributed by atoms with van der Waals surface area (Å²) in [6.45, 7) is 0. The third-order valence-corrected chi connectivity index (χ3v) is 6.10. The minimum absolute atomic E-state index is 0.0880. The van der Waals surface area contributed by atoms with Gasteiger partial charge in [-0.25, -0.2) is 4.98 Å². The molecule has 3 aromatic carbocycles. The van der Waals surface area contributed by atoms with Gasteiger partial charge in [-0.05, 0) is 48.5 Å². The van der Waals surface area contributed by atoms with Crippen LogP contribution < -0.4 is 15.8 Å². The summed E-state index contributed by atoms with van der Waals surface area (Å²) in [5.41, 5.74) is 2.62. The Hall–Kier alpha value is -3.29. The first-order valence-corrected chi connectivity index (χ1v) is 11.3. The molecule has 0 saturated heterocycles. The molecule has 0 atom stereocenters. The predicted octanol–water partition coefficient (Wildman–Crippen LogP) is 4.84. The molecule has 1 N–H and O–H groups in total. The highest BCUT2D eigenvalue weighted by Crippen LogP contribution is 2.26. The maximum atomic E-state index is 13.3. The summed E-state index contributed by atoms with van der Waals surface area (Å²) in [5.74, 6) is -0.106. The van der Waals surface area contributed by atoms with Crippen LogP contribution in [0.5, 0.6) is 0 Å². The van der Waals surface area contributed by atoms with Crippen molar-refractivity contribution in [2.24, 2.45) is 0 Å². The van der Waals surface area contributed by atoms with Gasteiger partial charge in [0.05, 0.1) is 27.4 Å². The van der Waals surface area contributed by atoms with Crippen molar-refractivity contribution < 1.29 is 4.79 Å². The summed E-state index contributed by atoms with van der Waals surface area (Å²) in [6.07, 6.45) is 0. The summed E-state index contributed by atoms with van der Waals surface area (Å²) in [6, 6.07) is 21.8. The van der Waals surface area contributed by atoms with Crippen molar-refractivity contribution in [3.8, 4) is 5.69 Å². The average molecular weight is 465 g/mol. The normalized spacial score (nSPS) is 10.8. The number of nitrogens with zero attached hydrogens (tertiary/aromatic N) is 3. The number of nitrogens with one attached hydrogen (secondary N) is 1. The van der Waals surface area contributed by atoms with Gasteiger partial charge in [-0.1, -0.05) is 47.6 Å². The van der Waals surface area contributed by atoms with E-state index in [0.717, 1.165) is 5.69 Å². The molecule has 0 radical (unpaired) electrons. The summed E-state index contributed by atoms with van der Waals surface area (Å²) < 4.78 is 1.47. The van der Waals surface area contributed by atoms with Gasteiger partial charge in [-0.3, -0.25) is 14.2 Å². The Kier molecular flexibility index (Phi) is 6.48. The Morgan fingerprint density at radius 2 is 1.72 bits per heavy atom. The van der Waals surface area contributed by atoms with Gasteiger partial charge < -0.3 is 10.2 Å². The van der Waals surface area contributed by atoms with Crippen molar-refractivity contribution in [2.75, 3.05) is 30.1 Å². The summed E-state index contributed by atoms with van der Waals surface area (Å²) in [5, 5.41) is 4.20. The van der Waals surface area contributed by atoms with Gasteiger partial charge in [0.25, 0.3) is 5.56 Å². The number of hydrogen-bond acceptors (Lipinski definition) is 5. The molecule has 0 fully saturated rings. The van der Waals surface area contributed by atoms with Crippen LogP contribution in [0.2, 0.25) is 5.02 Å². The molecule has 8 heteroatoms. The van der Waals surface area contributed by atoms with Crippen molar-refractivity contribution in [1.29, 1.82) is 0 Å². The van der Waals surface area contributed by atoms with Gasteiger partial charge in [0.2, 0.25) is 5.91 Å². The smallest absolute Gasteiger partial charge is 0.266 e. The number of thioether (sulfide) groups is 1. The highest BCUT2D eigenvalue weighted by atomic mass is 35.5. The Labute approximate surface area is 194 Å². The van der Waals surface area contributed by atoms with Crippen molar-refractivity contribution in [2.45, 2.75) is 5.16 Å². The van der Waals surface area contributed by atoms with Gasteiger partial charge in [0.15, 0.2) is 5.16 Å². The van der Waals surface area contributed by atoms with E-state index in [-0.39, 0.29) is 17.2 Å². The maximum absolute atomic E-state index is 13.3. The van der Waals surface area contributed by atoms with E-state index in [9.17, 15) is 9.59 Å². The number of anilines is 2. The van der Waals surface area contributed by atoms with Crippen LogP contribution in [0.25, 0.3) is 16.6 Å². The fourth-order valence-corrected chi connectivity index (χ4v) is 4.25. The van der Waals surface area contributed by atoms with E-state index in [2.05, 4.69) is 10.3 Å². The van der Waals surface area contributed by atoms with Crippen LogP contribution in [0.15, 0.2) is 82.7 Å². The minimum Gasteiger partial charge on any atom is -0.378 e. The quantitative estimate of drug-likeness (QED) is 0.327. The monoisotopic (exact) mass is 464 g/mol. The third kappa shape index (κ3) is 4.64. The lowest BCUT2D eigenvalue weighted by Gasteiger charge is -2.15. The largest absolute Gasteiger partial charge is 0.378 e. The Balaban J connectivity index is 1.62. The lowest BCUT2D eigenvalue weighted by molar-refractivity contribution is -0.113. The predicted molar refractivity (Wildman–Crippen MR) is 132 cm³/mol. The van der Waals surface area contributed by atoms with E-state index in [4.69, 9.17) is 11.6 Å². The lowest BCUT2D eigenvalue weighted by Crippen LogP contribution is -2.23. The number of carbonyl (C=O) groups excluding carboxylic acids is 1. The van der Waals surface area contributed by atoms with E-state index < -0.39 is 0 Å². The standard InChI is InChI=1S/C24H21ClN4O2S/c1-28(2)17-13-11-16(12-14-17)26-22(30)15-32-24-27-20-9-5-3-7-18(20)23(31)29(24)21-10-6-4-8-19(21)25/h3-14H,15H2,1-2H3,(H,26,30). The van der Waals surface area contributed by atoms with Crippen molar-refractivity contribution in [3.63, 3.8) is 0 Å². The van der Waals surface area contributed by atoms with E-state index in [1.807, 2.05) is 49.3 Å². The molecule has 32 heavy (non-hydrogen) atoms. The fourth-order valence-electron chi connectivity index (χ4n) is 3.22. The number of amides is 1. The number of aromatic nitrogens is 2. The first-order valence-electron chi connectivity index (χ1n) is 9.91. The van der Waals surface area contributed by atoms with Gasteiger partial charge in [0, 0.05) is 25.5 Å². The van der Waals surface area contributed by atoms with Crippen LogP contribution >= 0.6 is 23.4 Å². The molecular weight excluding hydrogens is 444 g/mol. The molecule has 0 spiro atoms. The van der Waals surface area contributed by atoms with Gasteiger partial charge in [-0.2, -0.15) is 0 Å². The van der Waals surface area contributed by atoms with Crippen LogP contribution in [-0.2, 0) is 4.79 Å². The van der Waals surface area contributed by atoms with Crippen LogP contribution in [0, 0.1) is 0 Å². The van der Waals surface area contributed by atoms with Crippen molar-refractivity contribution in [3.05, 3.63) is 88.2 Å². The number of benzene rings is 3. The van der Waals surface area contributed by atoms with Gasteiger partial charge >= 0.3 is 0 Å². The molecule has 0 unspecified atom stereocenters. The SMILES string of the molecule is CN(C)c1ccc(NC(=O)CSc2nc3ccccc3c(=O)n2-c2ccccc2Cl)cc1. The van der Waals surface area contributed by atoms with Crippen LogP contribution in [0.3, 0.4) is 0 Å². The summed E-state index contributed by atoms with van der Waals surface area (Å²) >= 11 is 7.57. The minimum atomic E-state index is -0.231. The highest BCUT2D eigenvalue weighted by molar-refractivity contribution is 7.99. The molecular formula is C24H21ClN4O2S. The number of rotatable bonds is 6. The molecule has 6 nitrogen and oxygen atoms in total. The number of hydrogen-bond donors (Lipinski definition) is 1. The van der Waals surface area contributed by atoms with Crippen LogP contribution in [0.1, 0.15) is 0 Å².